The van der Waals surface area contributed by atoms with Crippen molar-refractivity contribution in [3.05, 3.63) is 24.3 Å². The van der Waals surface area contributed by atoms with Gasteiger partial charge in [-0.1, -0.05) is 12.1 Å². The van der Waals surface area contributed by atoms with Crippen molar-refractivity contribution >= 4 is 29.9 Å². The number of para-hydroxylation sites is 2. The Morgan fingerprint density at radius 1 is 0.929 bits per heavy atom. The van der Waals surface area contributed by atoms with Crippen LogP contribution in [0.2, 0.25) is 0 Å². The minimum Gasteiger partial charge on any atom is -0.495 e. The SMILES string of the molecule is COc1ccccc1N1CCN(C(=O)CCCC(=O)N2CCOCC2)CC1.Cl. The van der Waals surface area contributed by atoms with Crippen LogP contribution in [-0.4, -0.2) is 81.2 Å². The molecule has 2 aliphatic heterocycles. The molecule has 28 heavy (non-hydrogen) atoms. The van der Waals surface area contributed by atoms with Crippen LogP contribution in [0, 0.1) is 0 Å². The number of methoxy groups -OCH3 is 1. The van der Waals surface area contributed by atoms with Gasteiger partial charge < -0.3 is 24.2 Å². The third-order valence-electron chi connectivity index (χ3n) is 5.20. The maximum absolute atomic E-state index is 12.5. The Balaban J connectivity index is 0.00000280. The second kappa shape index (κ2) is 11.1. The fourth-order valence-electron chi connectivity index (χ4n) is 3.61. The van der Waals surface area contributed by atoms with Crippen LogP contribution in [0.25, 0.3) is 0 Å². The fourth-order valence-corrected chi connectivity index (χ4v) is 3.61. The smallest absolute Gasteiger partial charge is 0.222 e. The standard InChI is InChI=1S/C20H29N3O4.ClH/c1-26-18-6-3-2-5-17(18)21-9-11-22(12-10-21)19(24)7-4-8-20(25)23-13-15-27-16-14-23;/h2-3,5-6H,4,7-16H2,1H3;1H. The molecule has 0 unspecified atom stereocenters. The highest BCUT2D eigenvalue weighted by atomic mass is 35.5. The van der Waals surface area contributed by atoms with Gasteiger partial charge in [-0.25, -0.2) is 0 Å². The van der Waals surface area contributed by atoms with E-state index in [1.807, 2.05) is 34.1 Å². The molecule has 2 amide bonds. The number of hydrogen-bond acceptors (Lipinski definition) is 5. The molecular weight excluding hydrogens is 382 g/mol. The van der Waals surface area contributed by atoms with E-state index in [1.54, 1.807) is 7.11 Å². The molecule has 1 aromatic rings. The average Bonchev–Trinajstić information content (AvgIpc) is 2.74. The quantitative estimate of drug-likeness (QED) is 0.714. The Hall–Kier alpha value is -1.99. The highest BCUT2D eigenvalue weighted by Gasteiger charge is 2.23. The monoisotopic (exact) mass is 411 g/mol. The predicted octanol–water partition coefficient (Wildman–Crippen LogP) is 1.79. The van der Waals surface area contributed by atoms with Gasteiger partial charge in [0.05, 0.1) is 26.0 Å². The number of ether oxygens (including phenoxy) is 2. The molecule has 0 atom stereocenters. The lowest BCUT2D eigenvalue weighted by molar-refractivity contribution is -0.135. The second-order valence-corrected chi connectivity index (χ2v) is 6.89. The number of anilines is 1. The molecule has 0 aliphatic carbocycles. The van der Waals surface area contributed by atoms with E-state index in [0.29, 0.717) is 58.7 Å². The Labute approximate surface area is 173 Å². The molecule has 2 fully saturated rings. The van der Waals surface area contributed by atoms with Crippen molar-refractivity contribution in [1.82, 2.24) is 9.80 Å². The molecule has 8 heteroatoms. The number of carbonyl (C=O) groups is 2. The molecule has 0 spiro atoms. The van der Waals surface area contributed by atoms with Gasteiger partial charge in [0, 0.05) is 52.1 Å². The molecule has 0 saturated carbocycles. The van der Waals surface area contributed by atoms with Gasteiger partial charge in [0.2, 0.25) is 11.8 Å². The average molecular weight is 412 g/mol. The Morgan fingerprint density at radius 3 is 2.11 bits per heavy atom. The van der Waals surface area contributed by atoms with Gasteiger partial charge in [-0.15, -0.1) is 12.4 Å². The van der Waals surface area contributed by atoms with Crippen LogP contribution in [0.1, 0.15) is 19.3 Å². The Morgan fingerprint density at radius 2 is 1.50 bits per heavy atom. The van der Waals surface area contributed by atoms with Gasteiger partial charge in [-0.2, -0.15) is 0 Å². The molecule has 3 rings (SSSR count). The number of amides is 2. The molecule has 0 aromatic heterocycles. The van der Waals surface area contributed by atoms with Crippen molar-refractivity contribution in [2.75, 3.05) is 64.5 Å². The summed E-state index contributed by atoms with van der Waals surface area (Å²) in [6, 6.07) is 7.97. The van der Waals surface area contributed by atoms with Crippen molar-refractivity contribution in [3.8, 4) is 5.75 Å². The molecule has 1 aromatic carbocycles. The summed E-state index contributed by atoms with van der Waals surface area (Å²) in [7, 11) is 1.68. The van der Waals surface area contributed by atoms with E-state index in [2.05, 4.69) is 4.90 Å². The third-order valence-corrected chi connectivity index (χ3v) is 5.20. The Bertz CT molecular complexity index is 644. The summed E-state index contributed by atoms with van der Waals surface area (Å²) < 4.78 is 10.7. The van der Waals surface area contributed by atoms with E-state index >= 15 is 0 Å². The summed E-state index contributed by atoms with van der Waals surface area (Å²) in [6.07, 6.45) is 1.49. The first-order chi connectivity index (χ1) is 13.2. The minimum atomic E-state index is 0. The van der Waals surface area contributed by atoms with Gasteiger partial charge in [0.1, 0.15) is 5.75 Å². The van der Waals surface area contributed by atoms with Crippen LogP contribution >= 0.6 is 12.4 Å². The summed E-state index contributed by atoms with van der Waals surface area (Å²) >= 11 is 0. The minimum absolute atomic E-state index is 0. The summed E-state index contributed by atoms with van der Waals surface area (Å²) in [5.74, 6) is 1.13. The van der Waals surface area contributed by atoms with Crippen LogP contribution in [0.5, 0.6) is 5.75 Å². The van der Waals surface area contributed by atoms with E-state index in [0.717, 1.165) is 24.5 Å². The molecule has 156 valence electrons. The van der Waals surface area contributed by atoms with E-state index in [4.69, 9.17) is 9.47 Å². The van der Waals surface area contributed by atoms with E-state index in [1.165, 1.54) is 0 Å². The number of morpholine rings is 1. The summed E-state index contributed by atoms with van der Waals surface area (Å²) in [5.41, 5.74) is 1.07. The molecule has 0 radical (unpaired) electrons. The molecule has 0 N–H and O–H groups in total. The molecule has 2 aliphatic rings. The lowest BCUT2D eigenvalue weighted by atomic mass is 10.1. The van der Waals surface area contributed by atoms with Gasteiger partial charge in [-0.3, -0.25) is 9.59 Å². The van der Waals surface area contributed by atoms with Crippen LogP contribution in [0.3, 0.4) is 0 Å². The molecule has 0 bridgehead atoms. The zero-order chi connectivity index (χ0) is 19.1. The molecule has 2 saturated heterocycles. The van der Waals surface area contributed by atoms with Crippen LogP contribution < -0.4 is 9.64 Å². The highest BCUT2D eigenvalue weighted by molar-refractivity contribution is 5.85. The predicted molar refractivity (Wildman–Crippen MR) is 110 cm³/mol. The van der Waals surface area contributed by atoms with Crippen molar-refractivity contribution in [2.45, 2.75) is 19.3 Å². The first kappa shape index (κ1) is 22.3. The molecule has 2 heterocycles. The fraction of sp³-hybridized carbons (Fsp3) is 0.600. The van der Waals surface area contributed by atoms with Crippen molar-refractivity contribution in [2.24, 2.45) is 0 Å². The van der Waals surface area contributed by atoms with Crippen molar-refractivity contribution in [1.29, 1.82) is 0 Å². The van der Waals surface area contributed by atoms with Crippen LogP contribution in [0.4, 0.5) is 5.69 Å². The number of nitrogens with zero attached hydrogens (tertiary/aromatic N) is 3. The Kier molecular flexibility index (Phi) is 8.86. The van der Waals surface area contributed by atoms with Crippen molar-refractivity contribution in [3.63, 3.8) is 0 Å². The zero-order valence-electron chi connectivity index (χ0n) is 16.5. The van der Waals surface area contributed by atoms with E-state index in [9.17, 15) is 9.59 Å². The first-order valence-electron chi connectivity index (χ1n) is 9.70. The van der Waals surface area contributed by atoms with Gasteiger partial charge in [0.25, 0.3) is 0 Å². The zero-order valence-corrected chi connectivity index (χ0v) is 17.3. The summed E-state index contributed by atoms with van der Waals surface area (Å²) in [6.45, 7) is 5.54. The number of hydrogen-bond donors (Lipinski definition) is 0. The first-order valence-corrected chi connectivity index (χ1v) is 9.70. The van der Waals surface area contributed by atoms with Crippen molar-refractivity contribution < 1.29 is 19.1 Å². The van der Waals surface area contributed by atoms with Gasteiger partial charge in [0.15, 0.2) is 0 Å². The number of piperazine rings is 1. The number of rotatable bonds is 6. The van der Waals surface area contributed by atoms with Gasteiger partial charge in [-0.05, 0) is 18.6 Å². The van der Waals surface area contributed by atoms with E-state index < -0.39 is 0 Å². The number of halogens is 1. The molecular formula is C20H30ClN3O4. The maximum atomic E-state index is 12.5. The number of carbonyl (C=O) groups excluding carboxylic acids is 2. The summed E-state index contributed by atoms with van der Waals surface area (Å²) in [4.78, 5) is 30.6. The number of benzene rings is 1. The highest BCUT2D eigenvalue weighted by Crippen LogP contribution is 2.28. The van der Waals surface area contributed by atoms with Gasteiger partial charge >= 0.3 is 0 Å². The topological polar surface area (TPSA) is 62.3 Å². The maximum Gasteiger partial charge on any atom is 0.222 e. The summed E-state index contributed by atoms with van der Waals surface area (Å²) in [5, 5.41) is 0. The van der Waals surface area contributed by atoms with E-state index in [-0.39, 0.29) is 24.2 Å². The van der Waals surface area contributed by atoms with Crippen LogP contribution in [0.15, 0.2) is 24.3 Å². The second-order valence-electron chi connectivity index (χ2n) is 6.89. The third kappa shape index (κ3) is 5.75. The largest absolute Gasteiger partial charge is 0.495 e. The lowest BCUT2D eigenvalue weighted by Crippen LogP contribution is -2.48. The normalized spacial score (nSPS) is 17.1. The molecule has 7 nitrogen and oxygen atoms in total. The van der Waals surface area contributed by atoms with Crippen LogP contribution in [-0.2, 0) is 14.3 Å². The lowest BCUT2D eigenvalue weighted by Gasteiger charge is -2.36.